The van der Waals surface area contributed by atoms with Crippen LogP contribution in [-0.4, -0.2) is 19.4 Å². The minimum Gasteiger partial charge on any atom is -0.244 e. The Morgan fingerprint density at radius 1 is 1.00 bits per heavy atom. The van der Waals surface area contributed by atoms with Crippen molar-refractivity contribution in [2.45, 2.75) is 24.2 Å². The molecule has 4 rings (SSSR count). The van der Waals surface area contributed by atoms with Gasteiger partial charge in [-0.25, -0.2) is 9.48 Å². The topological polar surface area (TPSA) is 52.2 Å². The standard InChI is InChI=1S/C20H17ClN4OS/c1-14-3-2-4-16(11-14)12-24-20(26)25-18(22-24)9-10-19(23-25)27-13-15-5-7-17(21)8-6-15/h2-11H,12-13H2,1H3. The third-order valence-electron chi connectivity index (χ3n) is 4.13. The lowest BCUT2D eigenvalue weighted by Crippen LogP contribution is -2.23. The molecule has 2 heterocycles. The highest BCUT2D eigenvalue weighted by Crippen LogP contribution is 2.21. The van der Waals surface area contributed by atoms with Gasteiger partial charge in [0.2, 0.25) is 0 Å². The molecule has 0 spiro atoms. The van der Waals surface area contributed by atoms with Crippen molar-refractivity contribution in [3.8, 4) is 0 Å². The zero-order valence-electron chi connectivity index (χ0n) is 14.7. The van der Waals surface area contributed by atoms with Crippen LogP contribution in [0, 0.1) is 6.92 Å². The maximum absolute atomic E-state index is 12.7. The highest BCUT2D eigenvalue weighted by Gasteiger charge is 2.10. The zero-order valence-corrected chi connectivity index (χ0v) is 16.2. The molecule has 4 aromatic rings. The predicted molar refractivity (Wildman–Crippen MR) is 109 cm³/mol. The van der Waals surface area contributed by atoms with Crippen LogP contribution in [0.4, 0.5) is 0 Å². The maximum Gasteiger partial charge on any atom is 0.367 e. The molecule has 0 aliphatic carbocycles. The van der Waals surface area contributed by atoms with Crippen LogP contribution in [0.1, 0.15) is 16.7 Å². The number of benzene rings is 2. The number of hydrogen-bond acceptors (Lipinski definition) is 4. The minimum atomic E-state index is -0.236. The molecular weight excluding hydrogens is 380 g/mol. The lowest BCUT2D eigenvalue weighted by atomic mass is 10.1. The fourth-order valence-electron chi connectivity index (χ4n) is 2.79. The number of aryl methyl sites for hydroxylation is 1. The molecule has 0 aliphatic rings. The summed E-state index contributed by atoms with van der Waals surface area (Å²) >= 11 is 7.48. The van der Waals surface area contributed by atoms with Crippen molar-refractivity contribution in [1.29, 1.82) is 0 Å². The van der Waals surface area contributed by atoms with Gasteiger partial charge < -0.3 is 0 Å². The summed E-state index contributed by atoms with van der Waals surface area (Å²) in [5.41, 5.74) is 3.65. The Bertz CT molecular complexity index is 1150. The fraction of sp³-hybridized carbons (Fsp3) is 0.150. The van der Waals surface area contributed by atoms with E-state index in [1.807, 2.05) is 61.5 Å². The number of aromatic nitrogens is 4. The van der Waals surface area contributed by atoms with Gasteiger partial charge >= 0.3 is 5.69 Å². The van der Waals surface area contributed by atoms with Gasteiger partial charge in [-0.3, -0.25) is 0 Å². The van der Waals surface area contributed by atoms with E-state index in [9.17, 15) is 4.79 Å². The molecule has 5 nitrogen and oxygen atoms in total. The Hall–Kier alpha value is -2.57. The van der Waals surface area contributed by atoms with Crippen LogP contribution < -0.4 is 5.69 Å². The lowest BCUT2D eigenvalue weighted by molar-refractivity contribution is 0.646. The molecule has 2 aromatic heterocycles. The van der Waals surface area contributed by atoms with Crippen LogP contribution in [0.2, 0.25) is 5.02 Å². The molecule has 0 atom stereocenters. The van der Waals surface area contributed by atoms with E-state index < -0.39 is 0 Å². The highest BCUT2D eigenvalue weighted by atomic mass is 35.5. The molecule has 0 aliphatic heterocycles. The molecule has 0 unspecified atom stereocenters. The highest BCUT2D eigenvalue weighted by molar-refractivity contribution is 7.98. The van der Waals surface area contributed by atoms with Crippen LogP contribution in [0.25, 0.3) is 5.65 Å². The van der Waals surface area contributed by atoms with Crippen molar-refractivity contribution in [2.24, 2.45) is 0 Å². The number of hydrogen-bond donors (Lipinski definition) is 0. The SMILES string of the molecule is Cc1cccc(Cn2nc3ccc(SCc4ccc(Cl)cc4)nn3c2=O)c1. The van der Waals surface area contributed by atoms with E-state index in [0.29, 0.717) is 12.2 Å². The third kappa shape index (κ3) is 4.07. The maximum atomic E-state index is 12.7. The molecular formula is C20H17ClN4OS. The Balaban J connectivity index is 1.56. The van der Waals surface area contributed by atoms with E-state index in [1.54, 1.807) is 11.8 Å². The molecule has 0 radical (unpaired) electrons. The first-order valence-electron chi connectivity index (χ1n) is 8.48. The van der Waals surface area contributed by atoms with Crippen molar-refractivity contribution >= 4 is 29.0 Å². The van der Waals surface area contributed by atoms with E-state index in [0.717, 1.165) is 32.5 Å². The van der Waals surface area contributed by atoms with Crippen LogP contribution in [0.5, 0.6) is 0 Å². The number of fused-ring (bicyclic) bond motifs is 1. The van der Waals surface area contributed by atoms with Crippen molar-refractivity contribution in [3.63, 3.8) is 0 Å². The van der Waals surface area contributed by atoms with E-state index in [-0.39, 0.29) is 5.69 Å². The number of thioether (sulfide) groups is 1. The minimum absolute atomic E-state index is 0.236. The van der Waals surface area contributed by atoms with Gasteiger partial charge in [0.15, 0.2) is 5.65 Å². The average molecular weight is 397 g/mol. The quantitative estimate of drug-likeness (QED) is 0.474. The molecule has 0 saturated carbocycles. The zero-order chi connectivity index (χ0) is 18.8. The first kappa shape index (κ1) is 17.8. The van der Waals surface area contributed by atoms with Crippen LogP contribution in [0.15, 0.2) is 70.5 Å². The molecule has 0 N–H and O–H groups in total. The normalized spacial score (nSPS) is 11.2. The van der Waals surface area contributed by atoms with Gasteiger partial charge in [-0.15, -0.1) is 5.10 Å². The van der Waals surface area contributed by atoms with E-state index >= 15 is 0 Å². The Morgan fingerprint density at radius 2 is 1.81 bits per heavy atom. The molecule has 0 saturated heterocycles. The third-order valence-corrected chi connectivity index (χ3v) is 5.37. The van der Waals surface area contributed by atoms with Gasteiger partial charge in [0.25, 0.3) is 0 Å². The monoisotopic (exact) mass is 396 g/mol. The summed E-state index contributed by atoms with van der Waals surface area (Å²) < 4.78 is 2.81. The Morgan fingerprint density at radius 3 is 2.59 bits per heavy atom. The Kier molecular flexibility index (Phi) is 5.01. The van der Waals surface area contributed by atoms with Crippen molar-refractivity contribution in [1.82, 2.24) is 19.4 Å². The van der Waals surface area contributed by atoms with Crippen molar-refractivity contribution in [3.05, 3.63) is 92.9 Å². The van der Waals surface area contributed by atoms with Gasteiger partial charge in [0.05, 0.1) is 6.54 Å². The molecule has 0 amide bonds. The van der Waals surface area contributed by atoms with E-state index in [4.69, 9.17) is 11.6 Å². The van der Waals surface area contributed by atoms with Gasteiger partial charge in [0.1, 0.15) is 5.03 Å². The fourth-order valence-corrected chi connectivity index (χ4v) is 3.73. The summed E-state index contributed by atoms with van der Waals surface area (Å²) in [4.78, 5) is 12.7. The lowest BCUT2D eigenvalue weighted by Gasteiger charge is -2.01. The van der Waals surface area contributed by atoms with Crippen molar-refractivity contribution in [2.75, 3.05) is 0 Å². The first-order valence-corrected chi connectivity index (χ1v) is 9.84. The second-order valence-corrected chi connectivity index (χ2v) is 7.72. The second kappa shape index (κ2) is 7.58. The van der Waals surface area contributed by atoms with Gasteiger partial charge in [0, 0.05) is 10.8 Å². The van der Waals surface area contributed by atoms with Crippen molar-refractivity contribution < 1.29 is 0 Å². The number of rotatable bonds is 5. The molecule has 0 bridgehead atoms. The summed E-state index contributed by atoms with van der Waals surface area (Å²) in [7, 11) is 0. The second-order valence-electron chi connectivity index (χ2n) is 6.29. The van der Waals surface area contributed by atoms with E-state index in [2.05, 4.69) is 16.3 Å². The number of nitrogens with zero attached hydrogens (tertiary/aromatic N) is 4. The largest absolute Gasteiger partial charge is 0.367 e. The van der Waals surface area contributed by atoms with Gasteiger partial charge in [-0.05, 0) is 42.3 Å². The smallest absolute Gasteiger partial charge is 0.244 e. The Labute approximate surface area is 165 Å². The number of halogens is 1. The first-order chi connectivity index (χ1) is 13.1. The summed E-state index contributed by atoms with van der Waals surface area (Å²) in [6.07, 6.45) is 0. The van der Waals surface area contributed by atoms with Crippen LogP contribution in [0.3, 0.4) is 0 Å². The molecule has 7 heteroatoms. The molecule has 2 aromatic carbocycles. The summed E-state index contributed by atoms with van der Waals surface area (Å²) in [6, 6.07) is 19.5. The predicted octanol–water partition coefficient (Wildman–Crippen LogP) is 4.19. The van der Waals surface area contributed by atoms with Crippen LogP contribution >= 0.6 is 23.4 Å². The van der Waals surface area contributed by atoms with Gasteiger partial charge in [-0.1, -0.05) is 65.3 Å². The summed E-state index contributed by atoms with van der Waals surface area (Å²) in [6.45, 7) is 2.46. The molecule has 27 heavy (non-hydrogen) atoms. The average Bonchev–Trinajstić information content (AvgIpc) is 2.97. The summed E-state index contributed by atoms with van der Waals surface area (Å²) in [5.74, 6) is 0.752. The van der Waals surface area contributed by atoms with E-state index in [1.165, 1.54) is 9.20 Å². The summed E-state index contributed by atoms with van der Waals surface area (Å²) in [5, 5.41) is 10.3. The molecule has 136 valence electrons. The van der Waals surface area contributed by atoms with Gasteiger partial charge in [-0.2, -0.15) is 9.61 Å². The van der Waals surface area contributed by atoms with Crippen LogP contribution in [-0.2, 0) is 12.3 Å². The molecule has 0 fully saturated rings.